The minimum Gasteiger partial charge on any atom is -0.504 e. The molecule has 12 heavy (non-hydrogen) atoms. The maximum Gasteiger partial charge on any atom is 0.159 e. The minimum atomic E-state index is -0.0973. The Morgan fingerprint density at radius 2 is 1.75 bits per heavy atom. The van der Waals surface area contributed by atoms with Gasteiger partial charge >= 0.3 is 0 Å². The van der Waals surface area contributed by atoms with Gasteiger partial charge in [0.1, 0.15) is 0 Å². The highest BCUT2D eigenvalue weighted by Gasteiger charge is 2.01. The van der Waals surface area contributed by atoms with Crippen molar-refractivity contribution >= 4 is 27.9 Å². The normalized spacial score (nSPS) is 9.67. The standard InChI is InChI=1S/C8H7NO2.BrH/c10-7-3-5-1-2-9-6(5)4-8(7)11;/h1-4,9-11H;1H. The molecule has 0 saturated carbocycles. The Morgan fingerprint density at radius 1 is 1.08 bits per heavy atom. The van der Waals surface area contributed by atoms with E-state index in [4.69, 9.17) is 10.2 Å². The van der Waals surface area contributed by atoms with Crippen LogP contribution in [0.5, 0.6) is 11.5 Å². The van der Waals surface area contributed by atoms with E-state index in [0.29, 0.717) is 0 Å². The molecular weight excluding hydrogens is 222 g/mol. The molecule has 1 aromatic heterocycles. The number of aromatic nitrogens is 1. The second-order valence-electron chi connectivity index (χ2n) is 2.41. The van der Waals surface area contributed by atoms with Gasteiger partial charge in [0.05, 0.1) is 0 Å². The number of aromatic hydroxyl groups is 2. The lowest BCUT2D eigenvalue weighted by Crippen LogP contribution is -1.69. The molecule has 0 fully saturated rings. The van der Waals surface area contributed by atoms with Gasteiger partial charge in [-0.15, -0.1) is 17.0 Å². The Morgan fingerprint density at radius 3 is 2.50 bits per heavy atom. The molecule has 2 aromatic rings. The van der Waals surface area contributed by atoms with E-state index in [-0.39, 0.29) is 28.5 Å². The molecule has 3 N–H and O–H groups in total. The molecule has 1 aromatic carbocycles. The third kappa shape index (κ3) is 1.25. The molecule has 0 spiro atoms. The molecule has 4 heteroatoms. The van der Waals surface area contributed by atoms with Gasteiger partial charge in [0.25, 0.3) is 0 Å². The lowest BCUT2D eigenvalue weighted by atomic mass is 10.2. The number of halogens is 1. The van der Waals surface area contributed by atoms with Gasteiger partial charge < -0.3 is 15.2 Å². The SMILES string of the molecule is Br.Oc1cc2cc[nH]c2cc1O. The van der Waals surface area contributed by atoms with Gasteiger partial charge in [0, 0.05) is 23.2 Å². The van der Waals surface area contributed by atoms with Crippen molar-refractivity contribution in [3.8, 4) is 11.5 Å². The second-order valence-corrected chi connectivity index (χ2v) is 2.41. The summed E-state index contributed by atoms with van der Waals surface area (Å²) in [5.41, 5.74) is 0.820. The minimum absolute atomic E-state index is 0. The number of hydrogen-bond donors (Lipinski definition) is 3. The van der Waals surface area contributed by atoms with Gasteiger partial charge in [-0.25, -0.2) is 0 Å². The average molecular weight is 230 g/mol. The van der Waals surface area contributed by atoms with Crippen molar-refractivity contribution in [2.24, 2.45) is 0 Å². The summed E-state index contributed by atoms with van der Waals surface area (Å²) in [6.45, 7) is 0. The first kappa shape index (κ1) is 8.93. The van der Waals surface area contributed by atoms with Crippen LogP contribution in [0, 0.1) is 0 Å². The van der Waals surface area contributed by atoms with Crippen LogP contribution >= 0.6 is 17.0 Å². The van der Waals surface area contributed by atoms with Crippen molar-refractivity contribution in [2.45, 2.75) is 0 Å². The predicted molar refractivity (Wildman–Crippen MR) is 52.0 cm³/mol. The number of H-pyrrole nitrogens is 1. The predicted octanol–water partition coefficient (Wildman–Crippen LogP) is 2.16. The van der Waals surface area contributed by atoms with Gasteiger partial charge in [0.15, 0.2) is 11.5 Å². The van der Waals surface area contributed by atoms with Crippen LogP contribution < -0.4 is 0 Å². The van der Waals surface area contributed by atoms with Gasteiger partial charge in [-0.05, 0) is 12.1 Å². The molecule has 0 aliphatic heterocycles. The fourth-order valence-corrected chi connectivity index (χ4v) is 1.08. The monoisotopic (exact) mass is 229 g/mol. The van der Waals surface area contributed by atoms with Crippen LogP contribution in [-0.2, 0) is 0 Å². The van der Waals surface area contributed by atoms with Crippen LogP contribution in [0.1, 0.15) is 0 Å². The zero-order valence-electron chi connectivity index (χ0n) is 6.11. The summed E-state index contributed by atoms with van der Waals surface area (Å²) >= 11 is 0. The van der Waals surface area contributed by atoms with Gasteiger partial charge in [-0.3, -0.25) is 0 Å². The third-order valence-corrected chi connectivity index (χ3v) is 1.65. The summed E-state index contributed by atoms with van der Waals surface area (Å²) in [7, 11) is 0. The van der Waals surface area contributed by atoms with E-state index in [0.717, 1.165) is 10.9 Å². The van der Waals surface area contributed by atoms with Crippen LogP contribution in [0.25, 0.3) is 10.9 Å². The molecule has 0 aliphatic rings. The van der Waals surface area contributed by atoms with Crippen molar-refractivity contribution in [1.29, 1.82) is 0 Å². The van der Waals surface area contributed by atoms with Gasteiger partial charge in [-0.1, -0.05) is 0 Å². The summed E-state index contributed by atoms with van der Waals surface area (Å²) in [4.78, 5) is 2.92. The molecule has 64 valence electrons. The summed E-state index contributed by atoms with van der Waals surface area (Å²) < 4.78 is 0. The van der Waals surface area contributed by atoms with Crippen molar-refractivity contribution in [3.63, 3.8) is 0 Å². The van der Waals surface area contributed by atoms with Crippen LogP contribution in [0.2, 0.25) is 0 Å². The highest BCUT2D eigenvalue weighted by Crippen LogP contribution is 2.28. The molecule has 0 amide bonds. The molecule has 0 unspecified atom stereocenters. The zero-order valence-corrected chi connectivity index (χ0v) is 7.83. The first-order chi connectivity index (χ1) is 5.27. The number of rotatable bonds is 0. The molecule has 0 saturated heterocycles. The number of phenolic OH excluding ortho intramolecular Hbond substituents is 2. The molecule has 0 radical (unpaired) electrons. The number of nitrogens with one attached hydrogen (secondary N) is 1. The Kier molecular flexibility index (Phi) is 2.28. The van der Waals surface area contributed by atoms with E-state index in [2.05, 4.69) is 4.98 Å². The van der Waals surface area contributed by atoms with Crippen LogP contribution in [0.4, 0.5) is 0 Å². The third-order valence-electron chi connectivity index (χ3n) is 1.65. The Hall–Kier alpha value is -1.16. The molecular formula is C8H8BrNO2. The summed E-state index contributed by atoms with van der Waals surface area (Å²) in [5.74, 6) is -0.183. The van der Waals surface area contributed by atoms with Crippen molar-refractivity contribution in [2.75, 3.05) is 0 Å². The first-order valence-corrected chi connectivity index (χ1v) is 3.26. The molecule has 0 atom stereocenters. The van der Waals surface area contributed by atoms with Crippen molar-refractivity contribution < 1.29 is 10.2 Å². The zero-order chi connectivity index (χ0) is 7.84. The lowest BCUT2D eigenvalue weighted by molar-refractivity contribution is 0.405. The summed E-state index contributed by atoms with van der Waals surface area (Å²) in [6, 6.07) is 4.83. The molecule has 2 rings (SSSR count). The quantitative estimate of drug-likeness (QED) is 0.607. The van der Waals surface area contributed by atoms with E-state index in [1.165, 1.54) is 12.1 Å². The topological polar surface area (TPSA) is 56.2 Å². The Bertz CT molecular complexity index is 361. The van der Waals surface area contributed by atoms with Crippen LogP contribution in [0.15, 0.2) is 24.4 Å². The number of phenols is 2. The van der Waals surface area contributed by atoms with Gasteiger partial charge in [0.2, 0.25) is 0 Å². The second kappa shape index (κ2) is 3.06. The first-order valence-electron chi connectivity index (χ1n) is 3.26. The van der Waals surface area contributed by atoms with E-state index >= 15 is 0 Å². The summed E-state index contributed by atoms with van der Waals surface area (Å²) in [6.07, 6.45) is 1.75. The maximum absolute atomic E-state index is 9.07. The molecule has 3 nitrogen and oxygen atoms in total. The lowest BCUT2D eigenvalue weighted by Gasteiger charge is -1.95. The smallest absolute Gasteiger partial charge is 0.159 e. The maximum atomic E-state index is 9.07. The number of fused-ring (bicyclic) bond motifs is 1. The number of benzene rings is 1. The fourth-order valence-electron chi connectivity index (χ4n) is 1.08. The van der Waals surface area contributed by atoms with E-state index in [1.807, 2.05) is 6.07 Å². The fraction of sp³-hybridized carbons (Fsp3) is 0. The van der Waals surface area contributed by atoms with Gasteiger partial charge in [-0.2, -0.15) is 0 Å². The number of hydrogen-bond acceptors (Lipinski definition) is 2. The van der Waals surface area contributed by atoms with Crippen molar-refractivity contribution in [3.05, 3.63) is 24.4 Å². The largest absolute Gasteiger partial charge is 0.504 e. The van der Waals surface area contributed by atoms with E-state index < -0.39 is 0 Å². The molecule has 0 aliphatic carbocycles. The average Bonchev–Trinajstić information content (AvgIpc) is 2.36. The van der Waals surface area contributed by atoms with E-state index in [1.54, 1.807) is 6.20 Å². The Labute approximate surface area is 79.4 Å². The number of aromatic amines is 1. The molecule has 0 bridgehead atoms. The van der Waals surface area contributed by atoms with Crippen molar-refractivity contribution in [1.82, 2.24) is 4.98 Å². The Balaban J connectivity index is 0.000000720. The highest BCUT2D eigenvalue weighted by molar-refractivity contribution is 8.93. The van der Waals surface area contributed by atoms with Crippen LogP contribution in [0.3, 0.4) is 0 Å². The van der Waals surface area contributed by atoms with E-state index in [9.17, 15) is 0 Å². The summed E-state index contributed by atoms with van der Waals surface area (Å²) in [5, 5.41) is 19.0. The molecule has 1 heterocycles. The van der Waals surface area contributed by atoms with Crippen LogP contribution in [-0.4, -0.2) is 15.2 Å². The highest BCUT2D eigenvalue weighted by atomic mass is 79.9.